The number of rotatable bonds is 30. The van der Waals surface area contributed by atoms with Crippen LogP contribution in [-0.4, -0.2) is 59.3 Å². The van der Waals surface area contributed by atoms with Gasteiger partial charge in [-0.15, -0.1) is 0 Å². The normalized spacial score (nSPS) is 13.7. The lowest BCUT2D eigenvalue weighted by Gasteiger charge is -2.14. The molecule has 0 aromatic carbocycles. The van der Waals surface area contributed by atoms with Gasteiger partial charge in [0.1, 0.15) is 12.1 Å². The molecule has 9 heteroatoms. The third-order valence-corrected chi connectivity index (χ3v) is 7.07. The fourth-order valence-electron chi connectivity index (χ4n) is 4.34. The molecular formula is C41H62N2O7. The minimum Gasteiger partial charge on any atom is -0.480 e. The third-order valence-electron chi connectivity index (χ3n) is 7.07. The van der Waals surface area contributed by atoms with Gasteiger partial charge in [0.25, 0.3) is 0 Å². The minimum absolute atomic E-state index is 0.207. The first-order valence-corrected chi connectivity index (χ1v) is 18.1. The molecule has 0 bridgehead atoms. The maximum absolute atomic E-state index is 12.6. The molecule has 2 amide bonds. The molecule has 0 aliphatic carbocycles. The van der Waals surface area contributed by atoms with E-state index in [1.165, 1.54) is 0 Å². The summed E-state index contributed by atoms with van der Waals surface area (Å²) in [5, 5.41) is 22.5. The van der Waals surface area contributed by atoms with Crippen LogP contribution in [0.1, 0.15) is 110 Å². The van der Waals surface area contributed by atoms with E-state index in [0.29, 0.717) is 25.7 Å². The number of aliphatic hydroxyl groups excluding tert-OH is 1. The molecule has 0 aliphatic rings. The van der Waals surface area contributed by atoms with Crippen LogP contribution in [0.3, 0.4) is 0 Å². The number of carboxylic acids is 1. The highest BCUT2D eigenvalue weighted by Crippen LogP contribution is 2.12. The van der Waals surface area contributed by atoms with Crippen LogP contribution in [-0.2, 0) is 23.9 Å². The monoisotopic (exact) mass is 694 g/mol. The van der Waals surface area contributed by atoms with Gasteiger partial charge in [0.15, 0.2) is 0 Å². The molecule has 0 radical (unpaired) electrons. The molecule has 9 nitrogen and oxygen atoms in total. The predicted molar refractivity (Wildman–Crippen MR) is 203 cm³/mol. The molecule has 0 fully saturated rings. The Morgan fingerprint density at radius 3 is 1.62 bits per heavy atom. The van der Waals surface area contributed by atoms with Gasteiger partial charge in [0.2, 0.25) is 11.8 Å². The van der Waals surface area contributed by atoms with E-state index in [1.807, 2.05) is 18.2 Å². The van der Waals surface area contributed by atoms with Crippen LogP contribution in [0.25, 0.3) is 0 Å². The Balaban J connectivity index is 4.67. The lowest BCUT2D eigenvalue weighted by atomic mass is 10.1. The van der Waals surface area contributed by atoms with Crippen molar-refractivity contribution in [3.8, 4) is 0 Å². The fourth-order valence-corrected chi connectivity index (χ4v) is 4.34. The lowest BCUT2D eigenvalue weighted by Crippen LogP contribution is -2.47. The molecular weight excluding hydrogens is 632 g/mol. The van der Waals surface area contributed by atoms with E-state index in [4.69, 9.17) is 14.9 Å². The van der Waals surface area contributed by atoms with Crippen molar-refractivity contribution in [2.75, 3.05) is 13.2 Å². The Labute approximate surface area is 300 Å². The molecule has 0 rings (SSSR count). The van der Waals surface area contributed by atoms with E-state index in [-0.39, 0.29) is 30.9 Å². The largest absolute Gasteiger partial charge is 0.480 e. The first-order valence-electron chi connectivity index (χ1n) is 18.1. The van der Waals surface area contributed by atoms with Crippen LogP contribution < -0.4 is 10.6 Å². The molecule has 4 N–H and O–H groups in total. The number of aliphatic carboxylic acids is 1. The first-order chi connectivity index (χ1) is 24.3. The Hall–Kier alpha value is -4.24. The van der Waals surface area contributed by atoms with Crippen LogP contribution >= 0.6 is 0 Å². The summed E-state index contributed by atoms with van der Waals surface area (Å²) in [6.07, 6.45) is 44.5. The Morgan fingerprint density at radius 1 is 0.620 bits per heavy atom. The van der Waals surface area contributed by atoms with Crippen LogP contribution in [0.15, 0.2) is 97.2 Å². The number of carboxylic acid groups (broad SMARTS) is 1. The highest BCUT2D eigenvalue weighted by molar-refractivity contribution is 5.87. The number of carbonyl (C=O) groups excluding carboxylic acids is 3. The molecule has 2 unspecified atom stereocenters. The zero-order valence-corrected chi connectivity index (χ0v) is 30.3. The highest BCUT2D eigenvalue weighted by Gasteiger charge is 2.18. The second-order valence-corrected chi connectivity index (χ2v) is 11.5. The van der Waals surface area contributed by atoms with E-state index in [1.54, 1.807) is 0 Å². The van der Waals surface area contributed by atoms with Gasteiger partial charge in [0.05, 0.1) is 13.2 Å². The Morgan fingerprint density at radius 2 is 1.12 bits per heavy atom. The van der Waals surface area contributed by atoms with Crippen LogP contribution in [0, 0.1) is 0 Å². The number of carbonyl (C=O) groups is 4. The van der Waals surface area contributed by atoms with Crippen molar-refractivity contribution in [1.29, 1.82) is 0 Å². The van der Waals surface area contributed by atoms with E-state index in [0.717, 1.165) is 64.2 Å². The molecule has 2 atom stereocenters. The van der Waals surface area contributed by atoms with Gasteiger partial charge < -0.3 is 25.6 Å². The number of unbranched alkanes of at least 4 members (excludes halogenated alkanes) is 2. The third kappa shape index (κ3) is 31.1. The summed E-state index contributed by atoms with van der Waals surface area (Å²) in [4.78, 5) is 47.4. The zero-order valence-electron chi connectivity index (χ0n) is 30.3. The molecule has 0 saturated carbocycles. The first kappa shape index (κ1) is 45.8. The number of esters is 1. The van der Waals surface area contributed by atoms with E-state index in [9.17, 15) is 19.2 Å². The number of allylic oxidation sites excluding steroid dienone is 15. The second-order valence-electron chi connectivity index (χ2n) is 11.5. The molecule has 0 aromatic heterocycles. The average molecular weight is 695 g/mol. The van der Waals surface area contributed by atoms with E-state index >= 15 is 0 Å². The quantitative estimate of drug-likeness (QED) is 0.0340. The number of nitrogens with one attached hydrogen (secondary N) is 2. The average Bonchev–Trinajstić information content (AvgIpc) is 3.10. The summed E-state index contributed by atoms with van der Waals surface area (Å²) in [6.45, 7) is 3.14. The van der Waals surface area contributed by atoms with Gasteiger partial charge in [-0.2, -0.15) is 0 Å². The number of aliphatic hydroxyl groups is 1. The summed E-state index contributed by atoms with van der Waals surface area (Å²) >= 11 is 0. The molecule has 0 aliphatic heterocycles. The molecule has 0 spiro atoms. The summed E-state index contributed by atoms with van der Waals surface area (Å²) in [7, 11) is 0. The molecule has 50 heavy (non-hydrogen) atoms. The molecule has 0 heterocycles. The Kier molecular flexibility index (Phi) is 31.7. The molecule has 278 valence electrons. The topological polar surface area (TPSA) is 142 Å². The molecule has 0 aromatic rings. The van der Waals surface area contributed by atoms with Crippen LogP contribution in [0.5, 0.6) is 0 Å². The van der Waals surface area contributed by atoms with Crippen LogP contribution in [0.4, 0.5) is 0 Å². The summed E-state index contributed by atoms with van der Waals surface area (Å²) in [5.74, 6) is -2.62. The van der Waals surface area contributed by atoms with Gasteiger partial charge in [-0.05, 0) is 83.1 Å². The maximum atomic E-state index is 12.6. The van der Waals surface area contributed by atoms with Crippen LogP contribution in [0.2, 0.25) is 0 Å². The minimum atomic E-state index is -1.41. The van der Waals surface area contributed by atoms with Crippen molar-refractivity contribution < 1.29 is 34.1 Å². The summed E-state index contributed by atoms with van der Waals surface area (Å²) in [6, 6.07) is -1.41. The van der Waals surface area contributed by atoms with Crippen molar-refractivity contribution >= 4 is 23.8 Å². The summed E-state index contributed by atoms with van der Waals surface area (Å²) in [5.41, 5.74) is 0. The Bertz CT molecular complexity index is 1160. The number of amides is 2. The maximum Gasteiger partial charge on any atom is 0.328 e. The predicted octanol–water partition coefficient (Wildman–Crippen LogP) is 7.92. The van der Waals surface area contributed by atoms with Crippen molar-refractivity contribution in [3.05, 3.63) is 97.2 Å². The smallest absolute Gasteiger partial charge is 0.328 e. The fraction of sp³-hybridized carbons (Fsp3) is 0.512. The lowest BCUT2D eigenvalue weighted by molar-refractivity contribution is -0.147. The van der Waals surface area contributed by atoms with Crippen molar-refractivity contribution in [1.82, 2.24) is 10.6 Å². The van der Waals surface area contributed by atoms with Gasteiger partial charge >= 0.3 is 11.9 Å². The number of hydrogen-bond donors (Lipinski definition) is 4. The SMILES string of the molecule is CC/C=C\C/C=C\C/C=C\C/C=C\CCC(=O)OC(/C=C\C/C=C\C/C=C\C/C=C\CC)CCCCCC(=O)NCC(=O)NC(CO)C(=O)O. The van der Waals surface area contributed by atoms with Crippen molar-refractivity contribution in [3.63, 3.8) is 0 Å². The highest BCUT2D eigenvalue weighted by atomic mass is 16.5. The van der Waals surface area contributed by atoms with Gasteiger partial charge in [0, 0.05) is 12.8 Å². The van der Waals surface area contributed by atoms with E-state index in [2.05, 4.69) is 103 Å². The summed E-state index contributed by atoms with van der Waals surface area (Å²) < 4.78 is 5.79. The van der Waals surface area contributed by atoms with Gasteiger partial charge in [-0.3, -0.25) is 14.4 Å². The van der Waals surface area contributed by atoms with Crippen molar-refractivity contribution in [2.45, 2.75) is 122 Å². The zero-order chi connectivity index (χ0) is 36.9. The van der Waals surface area contributed by atoms with Gasteiger partial charge in [-0.25, -0.2) is 4.79 Å². The van der Waals surface area contributed by atoms with E-state index < -0.39 is 24.5 Å². The molecule has 0 saturated heterocycles. The van der Waals surface area contributed by atoms with Crippen molar-refractivity contribution in [2.24, 2.45) is 0 Å². The number of ether oxygens (including phenoxy) is 1. The number of hydrogen-bond acceptors (Lipinski definition) is 6. The standard InChI is InChI=1S/C41H62N2O7/c1-3-5-7-9-11-13-15-16-18-20-22-24-29-33-40(47)50-36(30-26-23-21-19-17-14-12-10-8-6-4-2)31-27-25-28-32-38(45)42-34-39(46)43-37(35-44)41(48)49/h5-8,11-14,16,18-19,21-22,24,26,30,36-37,44H,3-4,9-10,15,17,20,23,25,27-29,31-35H2,1-2H3,(H,42,45)(H,43,46)(H,48,49)/b7-5-,8-6-,13-11-,14-12-,18-16-,21-19-,24-22-,30-26-. The second kappa shape index (κ2) is 34.6. The van der Waals surface area contributed by atoms with Gasteiger partial charge in [-0.1, -0.05) is 111 Å².